The molecule has 0 saturated carbocycles. The van der Waals surface area contributed by atoms with E-state index < -0.39 is 20.8 Å². The lowest BCUT2D eigenvalue weighted by Gasteiger charge is -2.10. The molecule has 1 aromatic heterocycles. The minimum Gasteiger partial charge on any atom is -0.403 e. The molecule has 0 spiro atoms. The Morgan fingerprint density at radius 3 is 2.87 bits per heavy atom. The van der Waals surface area contributed by atoms with E-state index in [1.807, 2.05) is 0 Å². The van der Waals surface area contributed by atoms with E-state index in [1.165, 1.54) is 23.1 Å². The standard InChI is InChI=1S/C13H11ClFN3O4S/c14-23(20,21)7-8-4-11(19)18(6-8)13-17-16-12(22-13)9-2-1-3-10(15)5-9/h1-3,5,8H,4,6-7H2. The van der Waals surface area contributed by atoms with Crippen molar-refractivity contribution in [3.63, 3.8) is 0 Å². The molecule has 1 amide bonds. The van der Waals surface area contributed by atoms with Crippen LogP contribution >= 0.6 is 10.7 Å². The Hall–Kier alpha value is -2.00. The highest BCUT2D eigenvalue weighted by atomic mass is 35.7. The third-order valence-corrected chi connectivity index (χ3v) is 4.60. The van der Waals surface area contributed by atoms with Crippen molar-refractivity contribution in [3.05, 3.63) is 30.1 Å². The second-order valence-electron chi connectivity index (χ2n) is 5.18. The molecule has 2 aromatic rings. The fourth-order valence-corrected chi connectivity index (χ4v) is 3.74. The molecular formula is C13H11ClFN3O4S. The van der Waals surface area contributed by atoms with Crippen LogP contribution in [-0.4, -0.2) is 36.8 Å². The molecule has 1 unspecified atom stereocenters. The van der Waals surface area contributed by atoms with Gasteiger partial charge in [0.15, 0.2) is 0 Å². The highest BCUT2D eigenvalue weighted by Crippen LogP contribution is 2.28. The summed E-state index contributed by atoms with van der Waals surface area (Å²) < 4.78 is 40.8. The Labute approximate surface area is 135 Å². The third-order valence-electron chi connectivity index (χ3n) is 3.36. The van der Waals surface area contributed by atoms with Gasteiger partial charge in [-0.3, -0.25) is 9.69 Å². The zero-order valence-corrected chi connectivity index (χ0v) is 13.2. The Kier molecular flexibility index (Phi) is 4.07. The maximum absolute atomic E-state index is 13.2. The van der Waals surface area contributed by atoms with Crippen molar-refractivity contribution >= 4 is 31.7 Å². The van der Waals surface area contributed by atoms with Gasteiger partial charge in [0.05, 0.1) is 5.75 Å². The highest BCUT2D eigenvalue weighted by Gasteiger charge is 2.35. The van der Waals surface area contributed by atoms with Crippen LogP contribution in [0.3, 0.4) is 0 Å². The summed E-state index contributed by atoms with van der Waals surface area (Å²) in [4.78, 5) is 13.2. The first-order valence-electron chi connectivity index (χ1n) is 6.64. The number of rotatable bonds is 4. The van der Waals surface area contributed by atoms with Crippen LogP contribution in [0.5, 0.6) is 0 Å². The number of hydrogen-bond donors (Lipinski definition) is 0. The first-order chi connectivity index (χ1) is 10.8. The lowest BCUT2D eigenvalue weighted by Crippen LogP contribution is -2.25. The molecule has 10 heteroatoms. The molecule has 1 aromatic carbocycles. The predicted octanol–water partition coefficient (Wildman–Crippen LogP) is 1.80. The lowest BCUT2D eigenvalue weighted by molar-refractivity contribution is -0.117. The normalized spacial score (nSPS) is 18.6. The molecule has 0 bridgehead atoms. The van der Waals surface area contributed by atoms with Crippen molar-refractivity contribution in [1.82, 2.24) is 10.2 Å². The average Bonchev–Trinajstić information content (AvgIpc) is 3.03. The SMILES string of the molecule is O=C1CC(CS(=O)(=O)Cl)CN1c1nnc(-c2cccc(F)c2)o1. The molecular weight excluding hydrogens is 349 g/mol. The highest BCUT2D eigenvalue weighted by molar-refractivity contribution is 8.13. The van der Waals surface area contributed by atoms with E-state index in [4.69, 9.17) is 15.1 Å². The quantitative estimate of drug-likeness (QED) is 0.773. The Morgan fingerprint density at radius 2 is 2.17 bits per heavy atom. The topological polar surface area (TPSA) is 93.4 Å². The van der Waals surface area contributed by atoms with E-state index in [1.54, 1.807) is 6.07 Å². The van der Waals surface area contributed by atoms with Gasteiger partial charge < -0.3 is 4.42 Å². The fourth-order valence-electron chi connectivity index (χ4n) is 2.42. The molecule has 1 atom stereocenters. The fraction of sp³-hybridized carbons (Fsp3) is 0.308. The van der Waals surface area contributed by atoms with Gasteiger partial charge in [0, 0.05) is 35.1 Å². The van der Waals surface area contributed by atoms with Crippen LogP contribution in [0.4, 0.5) is 10.4 Å². The molecule has 122 valence electrons. The summed E-state index contributed by atoms with van der Waals surface area (Å²) in [6.45, 7) is 0.121. The van der Waals surface area contributed by atoms with Gasteiger partial charge in [-0.15, -0.1) is 5.10 Å². The Bertz CT molecular complexity index is 854. The zero-order valence-electron chi connectivity index (χ0n) is 11.6. The maximum Gasteiger partial charge on any atom is 0.325 e. The number of halogens is 2. The number of benzene rings is 1. The van der Waals surface area contributed by atoms with Gasteiger partial charge in [-0.05, 0) is 18.2 Å². The monoisotopic (exact) mass is 359 g/mol. The molecule has 1 fully saturated rings. The van der Waals surface area contributed by atoms with E-state index in [0.29, 0.717) is 5.56 Å². The smallest absolute Gasteiger partial charge is 0.325 e. The van der Waals surface area contributed by atoms with Gasteiger partial charge in [0.2, 0.25) is 20.8 Å². The van der Waals surface area contributed by atoms with Gasteiger partial charge in [-0.2, -0.15) is 0 Å². The molecule has 1 aliphatic heterocycles. The summed E-state index contributed by atoms with van der Waals surface area (Å²) >= 11 is 0. The molecule has 0 N–H and O–H groups in total. The van der Waals surface area contributed by atoms with Gasteiger partial charge in [-0.25, -0.2) is 12.8 Å². The third kappa shape index (κ3) is 3.67. The molecule has 0 radical (unpaired) electrons. The summed E-state index contributed by atoms with van der Waals surface area (Å²) in [7, 11) is 1.51. The first kappa shape index (κ1) is 15.9. The molecule has 3 rings (SSSR count). The average molecular weight is 360 g/mol. The number of anilines is 1. The molecule has 1 aliphatic rings. The summed E-state index contributed by atoms with van der Waals surface area (Å²) in [5, 5.41) is 7.55. The van der Waals surface area contributed by atoms with Crippen LogP contribution in [0.1, 0.15) is 6.42 Å². The minimum atomic E-state index is -3.69. The van der Waals surface area contributed by atoms with Crippen LogP contribution in [0.2, 0.25) is 0 Å². The summed E-state index contributed by atoms with van der Waals surface area (Å²) in [5.74, 6) is -1.45. The van der Waals surface area contributed by atoms with Gasteiger partial charge in [0.1, 0.15) is 5.82 Å². The van der Waals surface area contributed by atoms with Crippen LogP contribution in [0, 0.1) is 11.7 Å². The maximum atomic E-state index is 13.2. The summed E-state index contributed by atoms with van der Waals surface area (Å²) in [6.07, 6.45) is 0.0314. The van der Waals surface area contributed by atoms with E-state index in [9.17, 15) is 17.6 Å². The summed E-state index contributed by atoms with van der Waals surface area (Å²) in [5.41, 5.74) is 0.385. The predicted molar refractivity (Wildman–Crippen MR) is 79.8 cm³/mol. The number of amides is 1. The first-order valence-corrected chi connectivity index (χ1v) is 9.12. The lowest BCUT2D eigenvalue weighted by atomic mass is 10.1. The van der Waals surface area contributed by atoms with Crippen LogP contribution in [-0.2, 0) is 13.8 Å². The van der Waals surface area contributed by atoms with E-state index in [2.05, 4.69) is 10.2 Å². The van der Waals surface area contributed by atoms with Crippen molar-refractivity contribution in [3.8, 4) is 11.5 Å². The van der Waals surface area contributed by atoms with Gasteiger partial charge >= 0.3 is 6.01 Å². The Balaban J connectivity index is 1.79. The second kappa shape index (κ2) is 5.89. The van der Waals surface area contributed by atoms with E-state index in [-0.39, 0.29) is 36.5 Å². The molecule has 7 nitrogen and oxygen atoms in total. The van der Waals surface area contributed by atoms with Crippen molar-refractivity contribution in [2.24, 2.45) is 5.92 Å². The van der Waals surface area contributed by atoms with Gasteiger partial charge in [-0.1, -0.05) is 11.2 Å². The van der Waals surface area contributed by atoms with Crippen molar-refractivity contribution in [2.45, 2.75) is 6.42 Å². The number of carbonyl (C=O) groups is 1. The zero-order chi connectivity index (χ0) is 16.6. The minimum absolute atomic E-state index is 0.0314. The molecule has 2 heterocycles. The largest absolute Gasteiger partial charge is 0.403 e. The van der Waals surface area contributed by atoms with Crippen molar-refractivity contribution < 1.29 is 22.0 Å². The number of hydrogen-bond acceptors (Lipinski definition) is 6. The van der Waals surface area contributed by atoms with Crippen LogP contribution < -0.4 is 4.90 Å². The van der Waals surface area contributed by atoms with Crippen LogP contribution in [0.15, 0.2) is 28.7 Å². The van der Waals surface area contributed by atoms with E-state index in [0.717, 1.165) is 0 Å². The molecule has 0 aliphatic carbocycles. The summed E-state index contributed by atoms with van der Waals surface area (Å²) in [6, 6.07) is 5.55. The van der Waals surface area contributed by atoms with Gasteiger partial charge in [0.25, 0.3) is 0 Å². The van der Waals surface area contributed by atoms with Crippen LogP contribution in [0.25, 0.3) is 11.5 Å². The van der Waals surface area contributed by atoms with E-state index >= 15 is 0 Å². The van der Waals surface area contributed by atoms with Crippen molar-refractivity contribution in [2.75, 3.05) is 17.2 Å². The number of nitrogens with zero attached hydrogens (tertiary/aromatic N) is 3. The Morgan fingerprint density at radius 1 is 1.39 bits per heavy atom. The number of aromatic nitrogens is 2. The molecule has 23 heavy (non-hydrogen) atoms. The second-order valence-corrected chi connectivity index (χ2v) is 8.00. The molecule has 1 saturated heterocycles. The van der Waals surface area contributed by atoms with Crippen molar-refractivity contribution in [1.29, 1.82) is 0 Å². The number of carbonyl (C=O) groups excluding carboxylic acids is 1.